The Kier molecular flexibility index (Phi) is 3.31. The van der Waals surface area contributed by atoms with Crippen LogP contribution in [0.25, 0.3) is 0 Å². The summed E-state index contributed by atoms with van der Waals surface area (Å²) in [6, 6.07) is 0. The van der Waals surface area contributed by atoms with Gasteiger partial charge in [0.05, 0.1) is 6.42 Å². The number of carbonyl (C=O) groups is 1. The lowest BCUT2D eigenvalue weighted by Crippen LogP contribution is -2.40. The Morgan fingerprint density at radius 2 is 2.31 bits per heavy atom. The van der Waals surface area contributed by atoms with Crippen molar-refractivity contribution in [1.29, 1.82) is 0 Å². The topological polar surface area (TPSA) is 63.3 Å². The molecular formula is C10H19NO2. The zero-order valence-corrected chi connectivity index (χ0v) is 8.25. The summed E-state index contributed by atoms with van der Waals surface area (Å²) in [4.78, 5) is 10.7. The maximum atomic E-state index is 10.7. The summed E-state index contributed by atoms with van der Waals surface area (Å²) >= 11 is 0. The third-order valence-electron chi connectivity index (χ3n) is 3.52. The lowest BCUT2D eigenvalue weighted by atomic mass is 9.65. The number of rotatable bonds is 3. The number of hydrogen-bond donors (Lipinski definition) is 2. The molecular weight excluding hydrogens is 166 g/mol. The lowest BCUT2D eigenvalue weighted by molar-refractivity contribution is -0.141. The molecule has 1 unspecified atom stereocenters. The largest absolute Gasteiger partial charge is 0.481 e. The van der Waals surface area contributed by atoms with Crippen molar-refractivity contribution in [1.82, 2.24) is 0 Å². The molecule has 1 rings (SSSR count). The molecule has 1 saturated carbocycles. The van der Waals surface area contributed by atoms with Gasteiger partial charge in [-0.2, -0.15) is 0 Å². The first-order valence-electron chi connectivity index (χ1n) is 5.02. The van der Waals surface area contributed by atoms with Crippen LogP contribution in [0.3, 0.4) is 0 Å². The third-order valence-corrected chi connectivity index (χ3v) is 3.52. The highest BCUT2D eigenvalue weighted by molar-refractivity contribution is 5.67. The summed E-state index contributed by atoms with van der Waals surface area (Å²) < 4.78 is 0. The van der Waals surface area contributed by atoms with E-state index in [4.69, 9.17) is 10.8 Å². The van der Waals surface area contributed by atoms with E-state index in [9.17, 15) is 4.79 Å². The summed E-state index contributed by atoms with van der Waals surface area (Å²) in [6.07, 6.45) is 4.71. The molecule has 1 aliphatic rings. The Hall–Kier alpha value is -0.570. The summed E-state index contributed by atoms with van der Waals surface area (Å²) in [5, 5.41) is 8.82. The highest BCUT2D eigenvalue weighted by Crippen LogP contribution is 2.42. The smallest absolute Gasteiger partial charge is 0.303 e. The summed E-state index contributed by atoms with van der Waals surface area (Å²) in [6.45, 7) is 2.65. The molecule has 0 heterocycles. The van der Waals surface area contributed by atoms with Crippen molar-refractivity contribution >= 4 is 5.97 Å². The number of aliphatic carboxylic acids is 1. The van der Waals surface area contributed by atoms with Crippen LogP contribution < -0.4 is 5.73 Å². The van der Waals surface area contributed by atoms with Crippen LogP contribution in [0.5, 0.6) is 0 Å². The average Bonchev–Trinajstić information content (AvgIpc) is 2.08. The fourth-order valence-electron chi connectivity index (χ4n) is 2.42. The van der Waals surface area contributed by atoms with Gasteiger partial charge in [0.15, 0.2) is 0 Å². The zero-order valence-electron chi connectivity index (χ0n) is 8.25. The molecule has 0 bridgehead atoms. The van der Waals surface area contributed by atoms with E-state index in [2.05, 4.69) is 6.92 Å². The van der Waals surface area contributed by atoms with Crippen LogP contribution in [0.2, 0.25) is 0 Å². The summed E-state index contributed by atoms with van der Waals surface area (Å²) in [7, 11) is 0. The van der Waals surface area contributed by atoms with Gasteiger partial charge in [-0.1, -0.05) is 26.2 Å². The standard InChI is InChI=1S/C10H19NO2/c1-8-4-2-3-5-10(8,7-11)6-9(12)13/h8H,2-7,11H2,1H3,(H,12,13)/t8?,10-/m1/s1. The number of nitrogens with two attached hydrogens (primary N) is 1. The maximum absolute atomic E-state index is 10.7. The van der Waals surface area contributed by atoms with E-state index in [1.165, 1.54) is 6.42 Å². The minimum Gasteiger partial charge on any atom is -0.481 e. The molecule has 0 radical (unpaired) electrons. The Morgan fingerprint density at radius 3 is 2.77 bits per heavy atom. The molecule has 0 aromatic carbocycles. The van der Waals surface area contributed by atoms with Gasteiger partial charge in [-0.3, -0.25) is 4.79 Å². The van der Waals surface area contributed by atoms with Gasteiger partial charge in [-0.05, 0) is 24.3 Å². The Morgan fingerprint density at radius 1 is 1.62 bits per heavy atom. The molecule has 13 heavy (non-hydrogen) atoms. The quantitative estimate of drug-likeness (QED) is 0.702. The Balaban J connectivity index is 2.69. The van der Waals surface area contributed by atoms with Crippen molar-refractivity contribution < 1.29 is 9.90 Å². The van der Waals surface area contributed by atoms with Gasteiger partial charge in [-0.15, -0.1) is 0 Å². The predicted molar refractivity (Wildman–Crippen MR) is 51.4 cm³/mol. The fourth-order valence-corrected chi connectivity index (χ4v) is 2.42. The van der Waals surface area contributed by atoms with Crippen LogP contribution in [0, 0.1) is 11.3 Å². The van der Waals surface area contributed by atoms with E-state index in [-0.39, 0.29) is 11.8 Å². The van der Waals surface area contributed by atoms with Crippen LogP contribution >= 0.6 is 0 Å². The van der Waals surface area contributed by atoms with Gasteiger partial charge < -0.3 is 10.8 Å². The molecule has 3 heteroatoms. The van der Waals surface area contributed by atoms with Gasteiger partial charge >= 0.3 is 5.97 Å². The summed E-state index contributed by atoms with van der Waals surface area (Å²) in [5.41, 5.74) is 5.59. The van der Waals surface area contributed by atoms with Crippen LogP contribution in [-0.2, 0) is 4.79 Å². The Bertz CT molecular complexity index is 193. The number of carboxylic acid groups (broad SMARTS) is 1. The first-order chi connectivity index (χ1) is 6.10. The normalized spacial score (nSPS) is 34.5. The highest BCUT2D eigenvalue weighted by Gasteiger charge is 2.38. The van der Waals surface area contributed by atoms with Crippen molar-refractivity contribution in [3.8, 4) is 0 Å². The van der Waals surface area contributed by atoms with Gasteiger partial charge in [0.2, 0.25) is 0 Å². The van der Waals surface area contributed by atoms with Crippen molar-refractivity contribution in [3.05, 3.63) is 0 Å². The van der Waals surface area contributed by atoms with Crippen molar-refractivity contribution in [3.63, 3.8) is 0 Å². The molecule has 3 N–H and O–H groups in total. The van der Waals surface area contributed by atoms with Gasteiger partial charge in [0.25, 0.3) is 0 Å². The molecule has 0 aromatic heterocycles. The second-order valence-corrected chi connectivity index (χ2v) is 4.28. The maximum Gasteiger partial charge on any atom is 0.303 e. The second-order valence-electron chi connectivity index (χ2n) is 4.28. The van der Waals surface area contributed by atoms with Gasteiger partial charge in [-0.25, -0.2) is 0 Å². The SMILES string of the molecule is CC1CCCC[C@]1(CN)CC(=O)O. The number of carboxylic acids is 1. The van der Waals surface area contributed by atoms with Crippen LogP contribution in [0.4, 0.5) is 0 Å². The van der Waals surface area contributed by atoms with Crippen LogP contribution in [-0.4, -0.2) is 17.6 Å². The minimum atomic E-state index is -0.709. The molecule has 0 amide bonds. The second kappa shape index (κ2) is 4.09. The van der Waals surface area contributed by atoms with Crippen LogP contribution in [0.15, 0.2) is 0 Å². The van der Waals surface area contributed by atoms with E-state index >= 15 is 0 Å². The van der Waals surface area contributed by atoms with Crippen molar-refractivity contribution in [2.45, 2.75) is 39.0 Å². The molecule has 76 valence electrons. The average molecular weight is 185 g/mol. The van der Waals surface area contributed by atoms with Crippen LogP contribution in [0.1, 0.15) is 39.0 Å². The molecule has 0 saturated heterocycles. The fraction of sp³-hybridized carbons (Fsp3) is 0.900. The monoisotopic (exact) mass is 185 g/mol. The highest BCUT2D eigenvalue weighted by atomic mass is 16.4. The molecule has 2 atom stereocenters. The molecule has 0 aromatic rings. The van der Waals surface area contributed by atoms with E-state index in [1.807, 2.05) is 0 Å². The first-order valence-corrected chi connectivity index (χ1v) is 5.02. The van der Waals surface area contributed by atoms with E-state index in [0.29, 0.717) is 12.5 Å². The lowest BCUT2D eigenvalue weighted by Gasteiger charge is -2.40. The van der Waals surface area contributed by atoms with Gasteiger partial charge in [0, 0.05) is 0 Å². The first kappa shape index (κ1) is 10.5. The molecule has 1 fully saturated rings. The van der Waals surface area contributed by atoms with E-state index in [1.54, 1.807) is 0 Å². The molecule has 1 aliphatic carbocycles. The predicted octanol–water partition coefficient (Wildman–Crippen LogP) is 1.62. The number of hydrogen-bond acceptors (Lipinski definition) is 2. The van der Waals surface area contributed by atoms with Crippen molar-refractivity contribution in [2.75, 3.05) is 6.54 Å². The minimum absolute atomic E-state index is 0.121. The molecule has 0 aliphatic heterocycles. The van der Waals surface area contributed by atoms with E-state index < -0.39 is 5.97 Å². The van der Waals surface area contributed by atoms with Gasteiger partial charge in [0.1, 0.15) is 0 Å². The summed E-state index contributed by atoms with van der Waals surface area (Å²) in [5.74, 6) is -0.249. The van der Waals surface area contributed by atoms with E-state index in [0.717, 1.165) is 19.3 Å². The Labute approximate surface area is 79.3 Å². The third kappa shape index (κ3) is 2.21. The molecule has 3 nitrogen and oxygen atoms in total. The zero-order chi connectivity index (χ0) is 9.90. The molecule has 0 spiro atoms. The van der Waals surface area contributed by atoms with Crippen molar-refractivity contribution in [2.24, 2.45) is 17.1 Å².